The molecule has 2 aromatic carbocycles. The molecule has 1 spiro atoms. The highest BCUT2D eigenvalue weighted by atomic mass is 32.2. The lowest BCUT2D eigenvalue weighted by atomic mass is 9.87. The first-order valence-corrected chi connectivity index (χ1v) is 15.3. The smallest absolute Gasteiger partial charge is 0.390 e. The van der Waals surface area contributed by atoms with Crippen molar-refractivity contribution >= 4 is 23.9 Å². The normalized spacial score (nSPS) is 23.5. The van der Waals surface area contributed by atoms with E-state index in [1.54, 1.807) is 11.9 Å². The van der Waals surface area contributed by atoms with Crippen molar-refractivity contribution in [3.63, 3.8) is 0 Å². The molecule has 5 rings (SSSR count). The maximum absolute atomic E-state index is 13.8. The molecule has 2 saturated heterocycles. The number of aryl methyl sites for hydroxylation is 2. The molecule has 0 saturated carbocycles. The standard InChI is InChI=1S/C31H38F4N4O3S/c1-19-16-22(27(40)38-11-7-29(3,42)8-12-38)17-20(2)23(19)6-15-43-39-13-9-30(10-14-39)28(41)36-26(37-30)21-4-5-25(32)24(18-21)31(33,34)35/h4-6,15-18,27-28,40-42H,7-14H2,1-3H3,(H,36,37)/b15-6+. The number of halogens is 4. The van der Waals surface area contributed by atoms with Crippen molar-refractivity contribution in [3.8, 4) is 0 Å². The van der Waals surface area contributed by atoms with Crippen molar-refractivity contribution in [2.75, 3.05) is 26.2 Å². The summed E-state index contributed by atoms with van der Waals surface area (Å²) in [4.78, 5) is 6.18. The van der Waals surface area contributed by atoms with Crippen LogP contribution >= 0.6 is 11.9 Å². The van der Waals surface area contributed by atoms with E-state index >= 15 is 0 Å². The minimum atomic E-state index is -4.83. The van der Waals surface area contributed by atoms with Gasteiger partial charge in [0.15, 0.2) is 6.23 Å². The van der Waals surface area contributed by atoms with Crippen LogP contribution in [0.1, 0.15) is 72.2 Å². The number of likely N-dealkylation sites (tertiary alicyclic amines) is 1. The number of aliphatic imine (C=N–C) groups is 1. The molecule has 12 heteroatoms. The highest BCUT2D eigenvalue weighted by molar-refractivity contribution is 8.00. The summed E-state index contributed by atoms with van der Waals surface area (Å²) < 4.78 is 55.5. The molecule has 0 bridgehead atoms. The molecule has 3 aliphatic rings. The van der Waals surface area contributed by atoms with Gasteiger partial charge < -0.3 is 20.6 Å². The second-order valence-corrected chi connectivity index (χ2v) is 13.1. The topological polar surface area (TPSA) is 91.6 Å². The van der Waals surface area contributed by atoms with Crippen LogP contribution in [0.3, 0.4) is 0 Å². The molecule has 2 fully saturated rings. The quantitative estimate of drug-likeness (QED) is 0.263. The van der Waals surface area contributed by atoms with Gasteiger partial charge in [0.1, 0.15) is 17.9 Å². The fraction of sp³-hybridized carbons (Fsp3) is 0.516. The monoisotopic (exact) mass is 622 g/mol. The van der Waals surface area contributed by atoms with Crippen LogP contribution in [0.15, 0.2) is 40.7 Å². The van der Waals surface area contributed by atoms with Gasteiger partial charge >= 0.3 is 6.18 Å². The molecule has 2 unspecified atom stereocenters. The van der Waals surface area contributed by atoms with Crippen LogP contribution in [0.4, 0.5) is 17.6 Å². The van der Waals surface area contributed by atoms with Gasteiger partial charge in [0.2, 0.25) is 0 Å². The maximum Gasteiger partial charge on any atom is 0.419 e. The van der Waals surface area contributed by atoms with Gasteiger partial charge in [-0.1, -0.05) is 24.1 Å². The number of hydrogen-bond donors (Lipinski definition) is 4. The highest BCUT2D eigenvalue weighted by Gasteiger charge is 2.46. The number of piperidine rings is 2. The summed E-state index contributed by atoms with van der Waals surface area (Å²) in [5, 5.41) is 37.1. The second-order valence-electron chi connectivity index (χ2n) is 12.1. The van der Waals surface area contributed by atoms with E-state index in [-0.39, 0.29) is 11.4 Å². The lowest BCUT2D eigenvalue weighted by Crippen LogP contribution is -2.56. The zero-order valence-electron chi connectivity index (χ0n) is 24.5. The number of benzene rings is 2. The van der Waals surface area contributed by atoms with Gasteiger partial charge in [-0.15, -0.1) is 0 Å². The number of rotatable bonds is 6. The summed E-state index contributed by atoms with van der Waals surface area (Å²) in [6, 6.07) is 6.73. The third kappa shape index (κ3) is 6.94. The zero-order chi connectivity index (χ0) is 31.2. The third-order valence-electron chi connectivity index (χ3n) is 8.85. The van der Waals surface area contributed by atoms with Crippen LogP contribution in [-0.2, 0) is 6.18 Å². The minimum absolute atomic E-state index is 0.0812. The maximum atomic E-state index is 13.8. The Morgan fingerprint density at radius 2 is 1.67 bits per heavy atom. The molecule has 0 aromatic heterocycles. The fourth-order valence-electron chi connectivity index (χ4n) is 6.05. The van der Waals surface area contributed by atoms with E-state index in [4.69, 9.17) is 0 Å². The van der Waals surface area contributed by atoms with Gasteiger partial charge in [-0.2, -0.15) is 13.2 Å². The molecule has 2 aromatic rings. The lowest BCUT2D eigenvalue weighted by molar-refractivity contribution is -0.140. The molecule has 2 atom stereocenters. The van der Waals surface area contributed by atoms with Crippen molar-refractivity contribution in [1.29, 1.82) is 0 Å². The van der Waals surface area contributed by atoms with E-state index in [1.807, 2.05) is 49.3 Å². The number of hydrogen-bond acceptors (Lipinski definition) is 8. The van der Waals surface area contributed by atoms with Crippen molar-refractivity contribution < 1.29 is 32.9 Å². The Balaban J connectivity index is 1.17. The van der Waals surface area contributed by atoms with Crippen LogP contribution in [0.25, 0.3) is 6.08 Å². The van der Waals surface area contributed by atoms with Crippen molar-refractivity contribution in [2.45, 2.75) is 76.2 Å². The van der Waals surface area contributed by atoms with Crippen molar-refractivity contribution in [1.82, 2.24) is 14.5 Å². The average Bonchev–Trinajstić information content (AvgIpc) is 3.25. The van der Waals surface area contributed by atoms with E-state index < -0.39 is 41.2 Å². The summed E-state index contributed by atoms with van der Waals surface area (Å²) in [5.74, 6) is -1.22. The van der Waals surface area contributed by atoms with E-state index in [9.17, 15) is 32.9 Å². The summed E-state index contributed by atoms with van der Waals surface area (Å²) in [6.45, 7) is 8.36. The van der Waals surface area contributed by atoms with E-state index in [0.29, 0.717) is 51.9 Å². The van der Waals surface area contributed by atoms with Crippen LogP contribution in [0.2, 0.25) is 0 Å². The van der Waals surface area contributed by atoms with Gasteiger partial charge in [0.05, 0.1) is 16.7 Å². The average molecular weight is 623 g/mol. The summed E-state index contributed by atoms with van der Waals surface area (Å²) in [5.41, 5.74) is 1.24. The molecule has 3 aliphatic heterocycles. The van der Waals surface area contributed by atoms with Crippen molar-refractivity contribution in [3.05, 3.63) is 74.9 Å². The van der Waals surface area contributed by atoms with Crippen LogP contribution < -0.4 is 5.32 Å². The van der Waals surface area contributed by atoms with E-state index in [1.165, 1.54) is 6.07 Å². The molecular weight excluding hydrogens is 584 g/mol. The van der Waals surface area contributed by atoms with E-state index in [0.717, 1.165) is 34.4 Å². The van der Waals surface area contributed by atoms with Crippen molar-refractivity contribution in [2.24, 2.45) is 4.99 Å². The minimum Gasteiger partial charge on any atom is -0.390 e. The largest absolute Gasteiger partial charge is 0.419 e. The Bertz CT molecular complexity index is 1370. The first-order valence-electron chi connectivity index (χ1n) is 14.4. The van der Waals surface area contributed by atoms with Crippen LogP contribution in [-0.4, -0.2) is 73.9 Å². The number of aliphatic hydroxyl groups is 3. The number of alkyl halides is 3. The Labute approximate surface area is 253 Å². The van der Waals surface area contributed by atoms with Gasteiger partial charge in [-0.25, -0.2) is 13.7 Å². The summed E-state index contributed by atoms with van der Waals surface area (Å²) >= 11 is 1.55. The first kappa shape index (κ1) is 31.9. The Morgan fingerprint density at radius 1 is 1.05 bits per heavy atom. The molecule has 0 radical (unpaired) electrons. The number of amidine groups is 1. The van der Waals surface area contributed by atoms with E-state index in [2.05, 4.69) is 14.6 Å². The molecule has 7 nitrogen and oxygen atoms in total. The molecular formula is C31H38F4N4O3S. The Hall–Kier alpha value is -2.48. The predicted octanol–water partition coefficient (Wildman–Crippen LogP) is 5.12. The number of nitrogens with one attached hydrogen (secondary N) is 1. The molecule has 0 amide bonds. The first-order chi connectivity index (χ1) is 20.2. The number of aliphatic hydroxyl groups excluding tert-OH is 2. The second kappa shape index (κ2) is 12.1. The number of nitrogens with zero attached hydrogens (tertiary/aromatic N) is 3. The van der Waals surface area contributed by atoms with Gasteiger partial charge in [-0.05, 0) is 98.4 Å². The summed E-state index contributed by atoms with van der Waals surface area (Å²) in [6.07, 6.45) is -2.34. The predicted molar refractivity (Wildman–Crippen MR) is 160 cm³/mol. The lowest BCUT2D eigenvalue weighted by Gasteiger charge is -2.40. The molecule has 0 aliphatic carbocycles. The Kier molecular flexibility index (Phi) is 9.01. The fourth-order valence-corrected chi connectivity index (χ4v) is 6.82. The molecule has 234 valence electrons. The van der Waals surface area contributed by atoms with Gasteiger partial charge in [-0.3, -0.25) is 4.90 Å². The third-order valence-corrected chi connectivity index (χ3v) is 9.77. The Morgan fingerprint density at radius 3 is 2.28 bits per heavy atom. The van der Waals surface area contributed by atoms with Gasteiger partial charge in [0.25, 0.3) is 0 Å². The highest BCUT2D eigenvalue weighted by Crippen LogP contribution is 2.36. The zero-order valence-corrected chi connectivity index (χ0v) is 25.3. The molecule has 4 N–H and O–H groups in total. The van der Waals surface area contributed by atoms with Crippen LogP contribution in [0.5, 0.6) is 0 Å². The van der Waals surface area contributed by atoms with Gasteiger partial charge in [0, 0.05) is 31.7 Å². The molecule has 43 heavy (non-hydrogen) atoms. The summed E-state index contributed by atoms with van der Waals surface area (Å²) in [7, 11) is 0. The van der Waals surface area contributed by atoms with Crippen LogP contribution in [0, 0.1) is 19.7 Å². The molecule has 3 heterocycles. The SMILES string of the molecule is Cc1cc(C(O)N2CCC(C)(O)CC2)cc(C)c1/C=C/SN1CCC2(CC1)NC(c1ccc(F)c(C(F)(F)F)c1)=NC2O.